The van der Waals surface area contributed by atoms with Gasteiger partial charge < -0.3 is 90.3 Å². The summed E-state index contributed by atoms with van der Waals surface area (Å²) in [7, 11) is -5.48. The fraction of sp³-hybridized carbons (Fsp3) is 0.484. The maximum atomic E-state index is 14.5. The molecule has 20 N–H and O–H groups in total. The number of aliphatic hydroxyl groups excluding tert-OH is 1. The molecule has 1 aliphatic heterocycles. The van der Waals surface area contributed by atoms with Gasteiger partial charge in [-0.2, -0.15) is 20.2 Å². The minimum Gasteiger partial charge on any atom is -0.504 e. The van der Waals surface area contributed by atoms with E-state index in [2.05, 4.69) is 81.5 Å². The van der Waals surface area contributed by atoms with Gasteiger partial charge in [-0.3, -0.25) is 71.7 Å². The van der Waals surface area contributed by atoms with E-state index in [1.165, 1.54) is 24.0 Å². The summed E-state index contributed by atoms with van der Waals surface area (Å²) in [6.45, 7) is 6.63. The molecule has 2 aromatic carbocycles. The number of carboxylic acid groups (broad SMARTS) is 2. The molecule has 11 amide bonds. The number of thioether (sulfide) groups is 1. The number of aliphatic carboxylic acids is 2. The van der Waals surface area contributed by atoms with Crippen LogP contribution in [0.5, 0.6) is 0 Å². The lowest BCUT2D eigenvalue weighted by atomic mass is 9.95. The maximum Gasteiger partial charge on any atom is 0.397 e. The van der Waals surface area contributed by atoms with E-state index in [1.807, 2.05) is 0 Å². The average molecular weight is 1430 g/mol. The summed E-state index contributed by atoms with van der Waals surface area (Å²) in [5, 5.41) is 57.1. The number of carbonyl (C=O) groups excluding carboxylic acids is 12. The summed E-state index contributed by atoms with van der Waals surface area (Å²) in [6, 6.07) is 0.147. The van der Waals surface area contributed by atoms with Gasteiger partial charge in [0.05, 0.1) is 25.4 Å². The number of para-hydroxylation sites is 1. The van der Waals surface area contributed by atoms with Crippen molar-refractivity contribution in [3.63, 3.8) is 0 Å². The summed E-state index contributed by atoms with van der Waals surface area (Å²) in [6.07, 6.45) is -0.612. The SMILES string of the molecule is CCNCC.CSCC[C@H](NC(=O)[C@H](Cc1c[nH]c2ccccc12)NC(=O)CNC(=O)[C@@H](NC(=O)[C@H](CC1=CC=C(O)C(=O)C1)NC(=O)[C@H](CC(=O)O)NC(=O)[C@H](CCC(N)=O)NC(=O)[C@@H]1CCCN1)[C@@H](C)OS(=O)(=O)O)C(=O)N[C@@H](CC(=O)O)C(=O)N[C@@H](Cc1ccccc1)C(N)=O. The van der Waals surface area contributed by atoms with Gasteiger partial charge in [-0.15, -0.1) is 0 Å². The standard InChI is InChI=1S/C58H75N13O21S2.C4H11N/c1-29(92-94(89,90)91)49(71-57(87)39(22-31-14-16-43(72)44(73)23-31)68-56(86)42(26-48(78)79)69-52(82)36(15-17-45(59)74)65-51(81)35-13-8-19-61-35)58(88)63-28-46(75)64-40(24-32-27-62-34-12-7-6-11-33(32)34)54(84)66-37(18-20-93-2)53(83)70-41(25-47(76)77)55(85)67-38(50(60)80)21-30-9-4-3-5-10-30;1-3-5-4-2/h3-7,9-12,14,16,27,29,35-42,49,61-62,72H,8,13,15,17-26,28H2,1-2H3,(H2,59,74)(H2,60,80)(H,63,88)(H,64,75)(H,65,81)(H,66,84)(H,67,85)(H,68,86)(H,69,82)(H,70,83)(H,71,87)(H,76,77)(H,78,79)(H,89,90,91);5H,3-4H2,1-2H3/t29-,35+,36+,37+,38+,39+,40+,41+,42+,49+;/m1./s1. The van der Waals surface area contributed by atoms with Crippen molar-refractivity contribution in [2.24, 2.45) is 11.5 Å². The Bertz CT molecular complexity index is 3560. The van der Waals surface area contributed by atoms with E-state index in [0.29, 0.717) is 41.4 Å². The Morgan fingerprint density at radius 2 is 1.21 bits per heavy atom. The predicted octanol–water partition coefficient (Wildman–Crippen LogP) is -3.29. The largest absolute Gasteiger partial charge is 0.504 e. The third-order valence-corrected chi connectivity index (χ3v) is 16.3. The van der Waals surface area contributed by atoms with E-state index in [-0.39, 0.29) is 30.6 Å². The van der Waals surface area contributed by atoms with Crippen LogP contribution in [0.25, 0.3) is 10.9 Å². The highest BCUT2D eigenvalue weighted by atomic mass is 32.3. The van der Waals surface area contributed by atoms with Crippen LogP contribution in [0.1, 0.15) is 89.7 Å². The van der Waals surface area contributed by atoms with Crippen LogP contribution in [0, 0.1) is 0 Å². The van der Waals surface area contributed by atoms with E-state index in [0.717, 1.165) is 26.1 Å². The monoisotopic (exact) mass is 1430 g/mol. The number of benzene rings is 2. The van der Waals surface area contributed by atoms with E-state index >= 15 is 0 Å². The number of carboxylic acids is 2. The zero-order chi connectivity index (χ0) is 73.5. The van der Waals surface area contributed by atoms with Crippen molar-refractivity contribution in [2.75, 3.05) is 38.2 Å². The summed E-state index contributed by atoms with van der Waals surface area (Å²) < 4.78 is 38.5. The number of aliphatic hydroxyl groups is 1. The number of hydrogen-bond donors (Lipinski definition) is 18. The highest BCUT2D eigenvalue weighted by Gasteiger charge is 2.38. The van der Waals surface area contributed by atoms with Crippen LogP contribution in [-0.4, -0.2) is 215 Å². The molecule has 2 aliphatic rings. The Morgan fingerprint density at radius 3 is 1.76 bits per heavy atom. The average Bonchev–Trinajstić information content (AvgIpc) is 1.80. The zero-order valence-electron chi connectivity index (χ0n) is 54.7. The van der Waals surface area contributed by atoms with Crippen molar-refractivity contribution in [3.05, 3.63) is 95.4 Å². The molecule has 37 heteroatoms. The normalized spacial score (nSPS) is 16.2. The quantitative estimate of drug-likeness (QED) is 0.0248. The number of Topliss-reactive ketones (excluding diaryl/α,β-unsaturated/α-hetero) is 1. The lowest BCUT2D eigenvalue weighted by Gasteiger charge is -2.28. The first kappa shape index (κ1) is 81.6. The van der Waals surface area contributed by atoms with Gasteiger partial charge in [-0.1, -0.05) is 74.0 Å². The number of amides is 11. The van der Waals surface area contributed by atoms with Crippen LogP contribution >= 0.6 is 11.8 Å². The number of rotatable bonds is 40. The van der Waals surface area contributed by atoms with Crippen LogP contribution in [0.3, 0.4) is 0 Å². The van der Waals surface area contributed by atoms with Gasteiger partial charge in [0.2, 0.25) is 70.8 Å². The molecule has 1 saturated heterocycles. The number of fused-ring (bicyclic) bond motifs is 1. The minimum atomic E-state index is -5.48. The van der Waals surface area contributed by atoms with Crippen LogP contribution in [0.2, 0.25) is 0 Å². The molecule has 2 heterocycles. The molecule has 3 aromatic rings. The number of aromatic nitrogens is 1. The van der Waals surface area contributed by atoms with Crippen LogP contribution in [-0.2, 0) is 94.5 Å². The van der Waals surface area contributed by atoms with E-state index in [4.69, 9.17) is 11.5 Å². The number of carbonyl (C=O) groups is 14. The molecule has 5 rings (SSSR count). The molecule has 1 aliphatic carbocycles. The molecule has 0 spiro atoms. The fourth-order valence-electron chi connectivity index (χ4n) is 10.1. The Hall–Kier alpha value is -9.82. The van der Waals surface area contributed by atoms with Gasteiger partial charge in [-0.25, -0.2) is 4.18 Å². The van der Waals surface area contributed by atoms with Crippen molar-refractivity contribution in [3.8, 4) is 0 Å². The summed E-state index contributed by atoms with van der Waals surface area (Å²) in [5.74, 6) is -16.9. The molecule has 99 heavy (non-hydrogen) atoms. The first-order valence-corrected chi connectivity index (χ1v) is 34.1. The van der Waals surface area contributed by atoms with Crippen molar-refractivity contribution < 1.29 is 99.6 Å². The number of ketones is 1. The molecular formula is C62H86N14O21S2. The van der Waals surface area contributed by atoms with Gasteiger partial charge in [0.15, 0.2) is 5.76 Å². The minimum absolute atomic E-state index is 0.0267. The van der Waals surface area contributed by atoms with E-state index in [1.54, 1.807) is 60.9 Å². The smallest absolute Gasteiger partial charge is 0.397 e. The Labute approximate surface area is 573 Å². The zero-order valence-corrected chi connectivity index (χ0v) is 56.3. The van der Waals surface area contributed by atoms with E-state index in [9.17, 15) is 95.4 Å². The molecule has 0 radical (unpaired) electrons. The van der Waals surface area contributed by atoms with Gasteiger partial charge >= 0.3 is 22.3 Å². The van der Waals surface area contributed by atoms with Gasteiger partial charge in [-0.05, 0) is 93.9 Å². The Kier molecular flexibility index (Phi) is 33.6. The fourth-order valence-corrected chi connectivity index (χ4v) is 11.1. The first-order valence-electron chi connectivity index (χ1n) is 31.3. The van der Waals surface area contributed by atoms with Crippen LogP contribution in [0.15, 0.2) is 84.3 Å². The molecule has 0 saturated carbocycles. The third kappa shape index (κ3) is 28.7. The topological polar surface area (TPSA) is 563 Å². The van der Waals surface area contributed by atoms with Crippen molar-refractivity contribution >= 4 is 116 Å². The van der Waals surface area contributed by atoms with Gasteiger partial charge in [0.1, 0.15) is 54.4 Å². The molecule has 0 unspecified atom stereocenters. The van der Waals surface area contributed by atoms with Crippen molar-refractivity contribution in [1.82, 2.24) is 63.5 Å². The van der Waals surface area contributed by atoms with Crippen molar-refractivity contribution in [1.29, 1.82) is 0 Å². The first-order chi connectivity index (χ1) is 46.8. The van der Waals surface area contributed by atoms with Crippen LogP contribution in [0.4, 0.5) is 0 Å². The number of nitrogens with two attached hydrogens (primary N) is 2. The third-order valence-electron chi connectivity index (χ3n) is 15.1. The van der Waals surface area contributed by atoms with Crippen molar-refractivity contribution in [2.45, 2.75) is 152 Å². The number of H-pyrrole nitrogens is 1. The molecular weight excluding hydrogens is 1340 g/mol. The molecule has 35 nitrogen and oxygen atoms in total. The second-order valence-corrected chi connectivity index (χ2v) is 24.9. The number of nitrogens with one attached hydrogen (secondary N) is 12. The number of allylic oxidation sites excluding steroid dienone is 3. The number of hydrogen-bond acceptors (Lipinski definition) is 21. The lowest BCUT2D eigenvalue weighted by molar-refractivity contribution is -0.142. The lowest BCUT2D eigenvalue weighted by Crippen LogP contribution is -2.61. The van der Waals surface area contributed by atoms with Crippen LogP contribution < -0.4 is 70.0 Å². The van der Waals surface area contributed by atoms with Gasteiger partial charge in [0.25, 0.3) is 0 Å². The molecule has 10 atom stereocenters. The second kappa shape index (κ2) is 40.8. The number of primary amides is 2. The Morgan fingerprint density at radius 1 is 0.667 bits per heavy atom. The summed E-state index contributed by atoms with van der Waals surface area (Å²) in [4.78, 5) is 190. The molecule has 542 valence electrons. The molecule has 0 bridgehead atoms. The van der Waals surface area contributed by atoms with E-state index < -0.39 is 204 Å². The highest BCUT2D eigenvalue weighted by molar-refractivity contribution is 7.98. The summed E-state index contributed by atoms with van der Waals surface area (Å²) >= 11 is 1.24. The number of aromatic amines is 1. The summed E-state index contributed by atoms with van der Waals surface area (Å²) in [5.41, 5.74) is 12.5. The van der Waals surface area contributed by atoms with Gasteiger partial charge in [0, 0.05) is 42.8 Å². The predicted molar refractivity (Wildman–Crippen MR) is 356 cm³/mol. The highest BCUT2D eigenvalue weighted by Crippen LogP contribution is 2.22. The Balaban J connectivity index is 0.00000401. The molecule has 1 aromatic heterocycles. The maximum absolute atomic E-state index is 14.5. The second-order valence-electron chi connectivity index (χ2n) is 22.8. The molecule has 1 fully saturated rings.